The standard InChI is InChI=1S/C10H19N5/c1-3-14-8-12-13-10(14)9(2)15-6-4-11-5-7-15/h8-9,11H,3-7H2,1-2H3. The van der Waals surface area contributed by atoms with E-state index in [1.54, 1.807) is 0 Å². The van der Waals surface area contributed by atoms with Gasteiger partial charge in [0.1, 0.15) is 12.2 Å². The molecule has 0 aromatic carbocycles. The Balaban J connectivity index is 2.08. The molecule has 0 amide bonds. The number of hydrogen-bond acceptors (Lipinski definition) is 4. The first kappa shape index (κ1) is 10.6. The van der Waals surface area contributed by atoms with Gasteiger partial charge in [0.05, 0.1) is 6.04 Å². The predicted octanol–water partition coefficient (Wildman–Crippen LogP) is 0.264. The summed E-state index contributed by atoms with van der Waals surface area (Å²) in [6, 6.07) is 0.370. The number of aryl methyl sites for hydroxylation is 1. The molecule has 2 heterocycles. The molecule has 15 heavy (non-hydrogen) atoms. The van der Waals surface area contributed by atoms with Crippen molar-refractivity contribution in [2.45, 2.75) is 26.4 Å². The van der Waals surface area contributed by atoms with Crippen LogP contribution in [0, 0.1) is 0 Å². The van der Waals surface area contributed by atoms with E-state index in [0.29, 0.717) is 6.04 Å². The molecule has 1 aliphatic heterocycles. The lowest BCUT2D eigenvalue weighted by molar-refractivity contribution is 0.176. The molecule has 5 heteroatoms. The maximum atomic E-state index is 4.21. The highest BCUT2D eigenvalue weighted by molar-refractivity contribution is 4.94. The molecule has 0 bridgehead atoms. The van der Waals surface area contributed by atoms with Gasteiger partial charge in [-0.2, -0.15) is 0 Å². The van der Waals surface area contributed by atoms with Gasteiger partial charge in [-0.1, -0.05) is 0 Å². The van der Waals surface area contributed by atoms with Crippen LogP contribution in [0.5, 0.6) is 0 Å². The van der Waals surface area contributed by atoms with Crippen LogP contribution in [0.2, 0.25) is 0 Å². The van der Waals surface area contributed by atoms with Gasteiger partial charge in [-0.15, -0.1) is 10.2 Å². The van der Waals surface area contributed by atoms with Crippen molar-refractivity contribution in [3.63, 3.8) is 0 Å². The van der Waals surface area contributed by atoms with E-state index in [2.05, 4.69) is 38.8 Å². The van der Waals surface area contributed by atoms with Crippen molar-refractivity contribution in [2.75, 3.05) is 26.2 Å². The lowest BCUT2D eigenvalue weighted by atomic mass is 10.2. The smallest absolute Gasteiger partial charge is 0.149 e. The van der Waals surface area contributed by atoms with E-state index in [9.17, 15) is 0 Å². The van der Waals surface area contributed by atoms with E-state index in [0.717, 1.165) is 38.5 Å². The molecule has 0 radical (unpaired) electrons. The number of nitrogens with one attached hydrogen (secondary N) is 1. The van der Waals surface area contributed by atoms with Crippen LogP contribution in [0.15, 0.2) is 6.33 Å². The van der Waals surface area contributed by atoms with Crippen LogP contribution in [0.3, 0.4) is 0 Å². The molecule has 1 atom stereocenters. The minimum atomic E-state index is 0.370. The van der Waals surface area contributed by atoms with E-state index < -0.39 is 0 Å². The second kappa shape index (κ2) is 4.72. The summed E-state index contributed by atoms with van der Waals surface area (Å²) in [7, 11) is 0. The molecule has 0 saturated carbocycles. The highest BCUT2D eigenvalue weighted by atomic mass is 15.3. The molecule has 1 unspecified atom stereocenters. The monoisotopic (exact) mass is 209 g/mol. The first-order valence-corrected chi connectivity index (χ1v) is 5.65. The molecule has 5 nitrogen and oxygen atoms in total. The second-order valence-electron chi connectivity index (χ2n) is 3.94. The molecule has 0 aliphatic carbocycles. The Morgan fingerprint density at radius 1 is 1.47 bits per heavy atom. The third kappa shape index (κ3) is 2.18. The van der Waals surface area contributed by atoms with Gasteiger partial charge in [-0.25, -0.2) is 0 Å². The number of piperazine rings is 1. The fourth-order valence-corrected chi connectivity index (χ4v) is 2.06. The predicted molar refractivity (Wildman–Crippen MR) is 58.6 cm³/mol. The largest absolute Gasteiger partial charge is 0.317 e. The minimum absolute atomic E-state index is 0.370. The van der Waals surface area contributed by atoms with Crippen LogP contribution in [-0.2, 0) is 6.54 Å². The maximum Gasteiger partial charge on any atom is 0.149 e. The van der Waals surface area contributed by atoms with Crippen molar-refractivity contribution >= 4 is 0 Å². The van der Waals surface area contributed by atoms with Crippen LogP contribution >= 0.6 is 0 Å². The number of hydrogen-bond donors (Lipinski definition) is 1. The molecule has 1 aromatic rings. The Labute approximate surface area is 90.5 Å². The summed E-state index contributed by atoms with van der Waals surface area (Å²) < 4.78 is 2.12. The zero-order valence-corrected chi connectivity index (χ0v) is 9.48. The summed E-state index contributed by atoms with van der Waals surface area (Å²) in [5.41, 5.74) is 0. The number of aromatic nitrogens is 3. The van der Waals surface area contributed by atoms with E-state index in [-0.39, 0.29) is 0 Å². The molecule has 1 aromatic heterocycles. The average molecular weight is 209 g/mol. The summed E-state index contributed by atoms with van der Waals surface area (Å²) in [4.78, 5) is 2.45. The van der Waals surface area contributed by atoms with Gasteiger partial charge in [0.25, 0.3) is 0 Å². The van der Waals surface area contributed by atoms with Gasteiger partial charge in [-0.05, 0) is 13.8 Å². The lowest BCUT2D eigenvalue weighted by Crippen LogP contribution is -2.45. The van der Waals surface area contributed by atoms with Crippen LogP contribution in [0.1, 0.15) is 25.7 Å². The Morgan fingerprint density at radius 3 is 2.87 bits per heavy atom. The highest BCUT2D eigenvalue weighted by Gasteiger charge is 2.21. The lowest BCUT2D eigenvalue weighted by Gasteiger charge is -2.32. The van der Waals surface area contributed by atoms with Crippen LogP contribution in [-0.4, -0.2) is 45.8 Å². The van der Waals surface area contributed by atoms with Crippen LogP contribution in [0.4, 0.5) is 0 Å². The van der Waals surface area contributed by atoms with E-state index in [4.69, 9.17) is 0 Å². The third-order valence-electron chi connectivity index (χ3n) is 3.06. The molecular weight excluding hydrogens is 190 g/mol. The van der Waals surface area contributed by atoms with Crippen molar-refractivity contribution in [3.8, 4) is 0 Å². The Morgan fingerprint density at radius 2 is 2.20 bits per heavy atom. The fraction of sp³-hybridized carbons (Fsp3) is 0.800. The molecule has 1 saturated heterocycles. The second-order valence-corrected chi connectivity index (χ2v) is 3.94. The van der Waals surface area contributed by atoms with Crippen LogP contribution in [0.25, 0.3) is 0 Å². The van der Waals surface area contributed by atoms with Crippen LogP contribution < -0.4 is 5.32 Å². The van der Waals surface area contributed by atoms with E-state index in [1.807, 2.05) is 6.33 Å². The topological polar surface area (TPSA) is 46.0 Å². The van der Waals surface area contributed by atoms with Gasteiger partial charge in [0.2, 0.25) is 0 Å². The van der Waals surface area contributed by atoms with Crippen molar-refractivity contribution < 1.29 is 0 Å². The van der Waals surface area contributed by atoms with Gasteiger partial charge in [0, 0.05) is 32.7 Å². The minimum Gasteiger partial charge on any atom is -0.317 e. The molecule has 84 valence electrons. The fourth-order valence-electron chi connectivity index (χ4n) is 2.06. The van der Waals surface area contributed by atoms with E-state index >= 15 is 0 Å². The number of rotatable bonds is 3. The van der Waals surface area contributed by atoms with Gasteiger partial charge in [0.15, 0.2) is 0 Å². The normalized spacial score (nSPS) is 20.4. The molecule has 1 aliphatic rings. The van der Waals surface area contributed by atoms with Gasteiger partial charge < -0.3 is 9.88 Å². The Hall–Kier alpha value is -0.940. The first-order chi connectivity index (χ1) is 7.33. The summed E-state index contributed by atoms with van der Waals surface area (Å²) in [6.07, 6.45) is 1.81. The molecule has 1 N–H and O–H groups in total. The zero-order valence-electron chi connectivity index (χ0n) is 9.48. The van der Waals surface area contributed by atoms with Gasteiger partial charge in [-0.3, -0.25) is 4.90 Å². The molecular formula is C10H19N5. The summed E-state index contributed by atoms with van der Waals surface area (Å²) in [5, 5.41) is 11.6. The molecule has 1 fully saturated rings. The number of nitrogens with zero attached hydrogens (tertiary/aromatic N) is 4. The van der Waals surface area contributed by atoms with E-state index in [1.165, 1.54) is 0 Å². The van der Waals surface area contributed by atoms with Crippen molar-refractivity contribution in [1.29, 1.82) is 0 Å². The third-order valence-corrected chi connectivity index (χ3v) is 3.06. The SMILES string of the molecule is CCn1cnnc1C(C)N1CCNCC1. The maximum absolute atomic E-state index is 4.21. The van der Waals surface area contributed by atoms with Crippen molar-refractivity contribution in [2.24, 2.45) is 0 Å². The average Bonchev–Trinajstić information content (AvgIpc) is 2.77. The quantitative estimate of drug-likeness (QED) is 0.776. The zero-order chi connectivity index (χ0) is 10.7. The summed E-state index contributed by atoms with van der Waals surface area (Å²) in [6.45, 7) is 9.61. The molecule has 0 spiro atoms. The Kier molecular flexibility index (Phi) is 3.33. The highest BCUT2D eigenvalue weighted by Crippen LogP contribution is 2.17. The van der Waals surface area contributed by atoms with Crippen molar-refractivity contribution in [3.05, 3.63) is 12.2 Å². The van der Waals surface area contributed by atoms with Crippen molar-refractivity contribution in [1.82, 2.24) is 25.0 Å². The molecule has 2 rings (SSSR count). The Bertz CT molecular complexity index is 303. The summed E-state index contributed by atoms with van der Waals surface area (Å²) in [5.74, 6) is 1.08. The summed E-state index contributed by atoms with van der Waals surface area (Å²) >= 11 is 0. The first-order valence-electron chi connectivity index (χ1n) is 5.65. The van der Waals surface area contributed by atoms with Gasteiger partial charge >= 0.3 is 0 Å².